The molecule has 5 nitrogen and oxygen atoms in total. The van der Waals surface area contributed by atoms with E-state index >= 15 is 0 Å². The lowest BCUT2D eigenvalue weighted by molar-refractivity contribution is -0.00648. The maximum Gasteiger partial charge on any atom is 0.268 e. The van der Waals surface area contributed by atoms with Gasteiger partial charge >= 0.3 is 0 Å². The molecule has 0 saturated heterocycles. The maximum atomic E-state index is 11.9. The van der Waals surface area contributed by atoms with E-state index < -0.39 is 0 Å². The van der Waals surface area contributed by atoms with E-state index in [0.717, 1.165) is 18.4 Å². The predicted octanol–water partition coefficient (Wildman–Crippen LogP) is 2.03. The van der Waals surface area contributed by atoms with Gasteiger partial charge in [-0.15, -0.1) is 11.3 Å². The first-order valence-corrected chi connectivity index (χ1v) is 7.91. The van der Waals surface area contributed by atoms with Crippen molar-refractivity contribution in [2.24, 2.45) is 0 Å². The van der Waals surface area contributed by atoms with Gasteiger partial charge in [0.15, 0.2) is 0 Å². The summed E-state index contributed by atoms with van der Waals surface area (Å²) < 4.78 is 6.64. The highest BCUT2D eigenvalue weighted by molar-refractivity contribution is 7.17. The summed E-state index contributed by atoms with van der Waals surface area (Å²) in [6, 6.07) is 2.27. The third kappa shape index (κ3) is 2.77. The molecule has 0 aromatic carbocycles. The van der Waals surface area contributed by atoms with Gasteiger partial charge in [-0.3, -0.25) is 4.79 Å². The number of fused-ring (bicyclic) bond motifs is 1. The molecule has 0 radical (unpaired) electrons. The van der Waals surface area contributed by atoms with Crippen molar-refractivity contribution < 1.29 is 4.74 Å². The molecular formula is C14H19N3O2S. The third-order valence-electron chi connectivity index (χ3n) is 3.87. The van der Waals surface area contributed by atoms with Gasteiger partial charge in [-0.1, -0.05) is 12.8 Å². The highest BCUT2D eigenvalue weighted by atomic mass is 32.1. The average Bonchev–Trinajstić information content (AvgIpc) is 2.94. The molecule has 3 rings (SSSR count). The molecule has 1 aliphatic rings. The zero-order valence-corrected chi connectivity index (χ0v) is 12.3. The van der Waals surface area contributed by atoms with Crippen molar-refractivity contribution in [1.29, 1.82) is 0 Å². The number of nitrogens with zero attached hydrogens (tertiary/aromatic N) is 1. The topological polar surface area (TPSA) is 67.0 Å². The lowest BCUT2D eigenvalue weighted by Crippen LogP contribution is -2.41. The minimum Gasteiger partial charge on any atom is -0.369 e. The summed E-state index contributed by atoms with van der Waals surface area (Å²) in [5, 5.41) is 5.20. The molecule has 108 valence electrons. The molecule has 2 aromatic heterocycles. The molecule has 2 aromatic rings. The van der Waals surface area contributed by atoms with Crippen LogP contribution in [0.4, 0.5) is 0 Å². The minimum absolute atomic E-state index is 0.0718. The number of hydrogen-bond donors (Lipinski definition) is 2. The monoisotopic (exact) mass is 293 g/mol. The normalized spacial score (nSPS) is 23.2. The minimum atomic E-state index is -0.0718. The number of aromatic amines is 1. The van der Waals surface area contributed by atoms with Gasteiger partial charge in [0.25, 0.3) is 5.56 Å². The van der Waals surface area contributed by atoms with Crippen LogP contribution in [0.25, 0.3) is 10.2 Å². The third-order valence-corrected chi connectivity index (χ3v) is 4.77. The summed E-state index contributed by atoms with van der Waals surface area (Å²) in [4.78, 5) is 19.1. The van der Waals surface area contributed by atoms with E-state index in [9.17, 15) is 4.79 Å². The fraction of sp³-hybridized carbons (Fsp3) is 0.571. The standard InChI is InChI=1S/C14H19N3O2S/c1-15-9-4-2-3-5-11(9)19-8-12-16-10-6-7-20-13(10)14(18)17-12/h6-7,9,11,15H,2-5,8H2,1H3,(H,16,17,18). The second-order valence-corrected chi connectivity index (χ2v) is 6.09. The molecule has 0 bridgehead atoms. The van der Waals surface area contributed by atoms with Crippen LogP contribution in [0.5, 0.6) is 0 Å². The summed E-state index contributed by atoms with van der Waals surface area (Å²) in [6.45, 7) is 0.365. The van der Waals surface area contributed by atoms with Crippen molar-refractivity contribution in [3.05, 3.63) is 27.6 Å². The Bertz CT molecular complexity index is 637. The first-order chi connectivity index (χ1) is 9.78. The molecule has 2 atom stereocenters. The fourth-order valence-electron chi connectivity index (χ4n) is 2.80. The van der Waals surface area contributed by atoms with E-state index in [1.54, 1.807) is 0 Å². The Balaban J connectivity index is 1.71. The Labute approximate surface area is 121 Å². The molecule has 0 spiro atoms. The predicted molar refractivity (Wildman–Crippen MR) is 80.1 cm³/mol. The van der Waals surface area contributed by atoms with E-state index in [-0.39, 0.29) is 11.7 Å². The molecular weight excluding hydrogens is 274 g/mol. The van der Waals surface area contributed by atoms with Gasteiger partial charge < -0.3 is 15.0 Å². The van der Waals surface area contributed by atoms with Gasteiger partial charge in [0.1, 0.15) is 17.1 Å². The van der Waals surface area contributed by atoms with Gasteiger partial charge in [-0.2, -0.15) is 0 Å². The molecule has 1 saturated carbocycles. The smallest absolute Gasteiger partial charge is 0.268 e. The molecule has 20 heavy (non-hydrogen) atoms. The molecule has 1 fully saturated rings. The Morgan fingerprint density at radius 3 is 3.20 bits per heavy atom. The quantitative estimate of drug-likeness (QED) is 0.905. The molecule has 0 amide bonds. The highest BCUT2D eigenvalue weighted by Gasteiger charge is 2.24. The Kier molecular flexibility index (Phi) is 4.14. The Hall–Kier alpha value is -1.24. The molecule has 0 aliphatic heterocycles. The van der Waals surface area contributed by atoms with Crippen molar-refractivity contribution in [2.75, 3.05) is 7.05 Å². The maximum absolute atomic E-state index is 11.9. The van der Waals surface area contributed by atoms with Gasteiger partial charge in [-0.25, -0.2) is 4.98 Å². The number of H-pyrrole nitrogens is 1. The summed E-state index contributed by atoms with van der Waals surface area (Å²) in [5.41, 5.74) is 0.684. The van der Waals surface area contributed by atoms with Crippen LogP contribution in [-0.2, 0) is 11.3 Å². The fourth-order valence-corrected chi connectivity index (χ4v) is 3.53. The van der Waals surface area contributed by atoms with Crippen LogP contribution in [-0.4, -0.2) is 29.2 Å². The van der Waals surface area contributed by atoms with Crippen molar-refractivity contribution in [3.8, 4) is 0 Å². The summed E-state index contributed by atoms with van der Waals surface area (Å²) in [5.74, 6) is 0.612. The van der Waals surface area contributed by atoms with Gasteiger partial charge in [0.05, 0.1) is 11.6 Å². The molecule has 2 N–H and O–H groups in total. The Morgan fingerprint density at radius 2 is 2.35 bits per heavy atom. The molecule has 1 aliphatic carbocycles. The van der Waals surface area contributed by atoms with Crippen LogP contribution in [0.3, 0.4) is 0 Å². The average molecular weight is 293 g/mol. The van der Waals surface area contributed by atoms with Gasteiger partial charge in [0, 0.05) is 6.04 Å². The van der Waals surface area contributed by atoms with Gasteiger partial charge in [-0.05, 0) is 31.3 Å². The largest absolute Gasteiger partial charge is 0.369 e. The zero-order valence-electron chi connectivity index (χ0n) is 11.5. The summed E-state index contributed by atoms with van der Waals surface area (Å²) in [6.07, 6.45) is 4.88. The SMILES string of the molecule is CNC1CCCCC1OCc1nc2ccsc2c(=O)[nH]1. The zero-order chi connectivity index (χ0) is 13.9. The number of hydrogen-bond acceptors (Lipinski definition) is 5. The van der Waals surface area contributed by atoms with Crippen LogP contribution in [0.15, 0.2) is 16.2 Å². The van der Waals surface area contributed by atoms with Crippen molar-refractivity contribution >= 4 is 21.6 Å². The van der Waals surface area contributed by atoms with Crippen LogP contribution in [0.1, 0.15) is 31.5 Å². The lowest BCUT2D eigenvalue weighted by Gasteiger charge is -2.31. The van der Waals surface area contributed by atoms with E-state index in [2.05, 4.69) is 15.3 Å². The number of nitrogens with one attached hydrogen (secondary N) is 2. The molecule has 2 unspecified atom stereocenters. The number of ether oxygens (including phenoxy) is 1. The summed E-state index contributed by atoms with van der Waals surface area (Å²) >= 11 is 1.42. The Morgan fingerprint density at radius 1 is 1.50 bits per heavy atom. The second-order valence-electron chi connectivity index (χ2n) is 5.18. The number of rotatable bonds is 4. The van der Waals surface area contributed by atoms with E-state index in [1.807, 2.05) is 18.5 Å². The second kappa shape index (κ2) is 6.03. The van der Waals surface area contributed by atoms with Crippen LogP contribution < -0.4 is 10.9 Å². The van der Waals surface area contributed by atoms with Crippen molar-refractivity contribution in [2.45, 2.75) is 44.4 Å². The number of aromatic nitrogens is 2. The van der Waals surface area contributed by atoms with Crippen molar-refractivity contribution in [3.63, 3.8) is 0 Å². The first-order valence-electron chi connectivity index (χ1n) is 7.03. The van der Waals surface area contributed by atoms with Crippen LogP contribution >= 0.6 is 11.3 Å². The number of thiophene rings is 1. The van der Waals surface area contributed by atoms with Gasteiger partial charge in [0.2, 0.25) is 0 Å². The number of likely N-dealkylation sites (N-methyl/N-ethyl adjacent to an activating group) is 1. The first kappa shape index (κ1) is 13.7. The van der Waals surface area contributed by atoms with E-state index in [4.69, 9.17) is 4.74 Å². The van der Waals surface area contributed by atoms with Crippen LogP contribution in [0.2, 0.25) is 0 Å². The van der Waals surface area contributed by atoms with E-state index in [0.29, 0.717) is 23.2 Å². The highest BCUT2D eigenvalue weighted by Crippen LogP contribution is 2.22. The van der Waals surface area contributed by atoms with Crippen LogP contribution in [0, 0.1) is 0 Å². The summed E-state index contributed by atoms with van der Waals surface area (Å²) in [7, 11) is 1.98. The van der Waals surface area contributed by atoms with Crippen molar-refractivity contribution in [1.82, 2.24) is 15.3 Å². The molecule has 6 heteroatoms. The lowest BCUT2D eigenvalue weighted by atomic mass is 9.92. The molecule has 2 heterocycles. The van der Waals surface area contributed by atoms with E-state index in [1.165, 1.54) is 24.2 Å².